The number of nitrogens with zero attached hydrogens (tertiary/aromatic N) is 4. The van der Waals surface area contributed by atoms with Gasteiger partial charge in [-0.25, -0.2) is 24.1 Å². The fraction of sp³-hybridized carbons (Fsp3) is 0.238. The van der Waals surface area contributed by atoms with Crippen LogP contribution in [0.25, 0.3) is 11.3 Å². The van der Waals surface area contributed by atoms with Crippen molar-refractivity contribution in [1.82, 2.24) is 19.9 Å². The average molecular weight is 392 g/mol. The van der Waals surface area contributed by atoms with E-state index >= 15 is 0 Å². The van der Waals surface area contributed by atoms with Crippen LogP contribution in [-0.4, -0.2) is 39.0 Å². The Morgan fingerprint density at radius 2 is 1.97 bits per heavy atom. The molecule has 3 aromatic rings. The molecule has 29 heavy (non-hydrogen) atoms. The highest BCUT2D eigenvalue weighted by Gasteiger charge is 2.29. The Morgan fingerprint density at radius 1 is 1.17 bits per heavy atom. The fourth-order valence-corrected chi connectivity index (χ4v) is 3.35. The quantitative estimate of drug-likeness (QED) is 0.710. The van der Waals surface area contributed by atoms with Crippen LogP contribution >= 0.6 is 0 Å². The molecule has 4 rings (SSSR count). The Balaban J connectivity index is 1.47. The number of anilines is 2. The number of nitrogens with two attached hydrogens (primary N) is 1. The Hall–Kier alpha value is -3.55. The van der Waals surface area contributed by atoms with E-state index < -0.39 is 0 Å². The van der Waals surface area contributed by atoms with Crippen LogP contribution in [0.15, 0.2) is 48.7 Å². The van der Waals surface area contributed by atoms with Crippen LogP contribution < -0.4 is 11.1 Å². The lowest BCUT2D eigenvalue weighted by Gasteiger charge is -2.18. The lowest BCUT2D eigenvalue weighted by Crippen LogP contribution is -2.33. The van der Waals surface area contributed by atoms with Gasteiger partial charge < -0.3 is 10.6 Å². The highest BCUT2D eigenvalue weighted by Crippen LogP contribution is 2.27. The molecule has 2 amide bonds. The van der Waals surface area contributed by atoms with E-state index in [4.69, 9.17) is 5.73 Å². The van der Waals surface area contributed by atoms with Crippen molar-refractivity contribution >= 4 is 17.5 Å². The first-order chi connectivity index (χ1) is 14.0. The molecule has 8 heteroatoms. The lowest BCUT2D eigenvalue weighted by atomic mass is 10.1. The number of likely N-dealkylation sites (tertiary alicyclic amines) is 1. The SMILES string of the molecule is Cc1ccnc(C2CCN(C(=O)Nc3nc(-c4ccc(F)cc4)ccc3N)C2)n1. The Kier molecular flexibility index (Phi) is 5.07. The number of benzene rings is 1. The third-order valence-corrected chi connectivity index (χ3v) is 4.95. The normalized spacial score (nSPS) is 16.1. The number of rotatable bonds is 3. The van der Waals surface area contributed by atoms with Gasteiger partial charge in [-0.1, -0.05) is 0 Å². The van der Waals surface area contributed by atoms with E-state index in [0.717, 1.165) is 23.5 Å². The van der Waals surface area contributed by atoms with Crippen molar-refractivity contribution in [3.05, 3.63) is 66.0 Å². The minimum absolute atomic E-state index is 0.108. The Bertz CT molecular complexity index is 1040. The molecule has 1 aliphatic rings. The number of hydrogen-bond acceptors (Lipinski definition) is 5. The van der Waals surface area contributed by atoms with E-state index in [1.807, 2.05) is 13.0 Å². The van der Waals surface area contributed by atoms with Gasteiger partial charge in [-0.2, -0.15) is 0 Å². The van der Waals surface area contributed by atoms with Crippen LogP contribution in [0.3, 0.4) is 0 Å². The van der Waals surface area contributed by atoms with Gasteiger partial charge >= 0.3 is 6.03 Å². The van der Waals surface area contributed by atoms with Crippen molar-refractivity contribution < 1.29 is 9.18 Å². The Morgan fingerprint density at radius 3 is 2.72 bits per heavy atom. The fourth-order valence-electron chi connectivity index (χ4n) is 3.35. The molecule has 0 spiro atoms. The molecule has 0 aliphatic carbocycles. The number of urea groups is 1. The van der Waals surface area contributed by atoms with Crippen LogP contribution in [0.1, 0.15) is 23.9 Å². The van der Waals surface area contributed by atoms with Crippen molar-refractivity contribution in [3.63, 3.8) is 0 Å². The molecule has 148 valence electrons. The van der Waals surface area contributed by atoms with E-state index in [9.17, 15) is 9.18 Å². The second-order valence-electron chi connectivity index (χ2n) is 7.06. The summed E-state index contributed by atoms with van der Waals surface area (Å²) >= 11 is 0. The maximum absolute atomic E-state index is 13.2. The van der Waals surface area contributed by atoms with E-state index in [1.54, 1.807) is 35.4 Å². The van der Waals surface area contributed by atoms with Crippen LogP contribution in [0.2, 0.25) is 0 Å². The molecule has 0 bridgehead atoms. The van der Waals surface area contributed by atoms with Crippen LogP contribution in [-0.2, 0) is 0 Å². The maximum Gasteiger partial charge on any atom is 0.323 e. The predicted octanol–water partition coefficient (Wildman–Crippen LogP) is 3.59. The highest BCUT2D eigenvalue weighted by molar-refractivity contribution is 5.92. The number of nitrogens with one attached hydrogen (secondary N) is 1. The zero-order valence-electron chi connectivity index (χ0n) is 16.0. The summed E-state index contributed by atoms with van der Waals surface area (Å²) in [6, 6.07) is 11.0. The van der Waals surface area contributed by atoms with Crippen molar-refractivity contribution in [2.75, 3.05) is 24.1 Å². The van der Waals surface area contributed by atoms with Gasteiger partial charge in [0.15, 0.2) is 5.82 Å². The molecule has 1 aromatic carbocycles. The number of aryl methyl sites for hydroxylation is 1. The molecule has 7 nitrogen and oxygen atoms in total. The van der Waals surface area contributed by atoms with Gasteiger partial charge in [0.05, 0.1) is 11.4 Å². The van der Waals surface area contributed by atoms with E-state index in [1.165, 1.54) is 12.1 Å². The monoisotopic (exact) mass is 392 g/mol. The molecule has 1 aliphatic heterocycles. The molecule has 1 saturated heterocycles. The number of carbonyl (C=O) groups excluding carboxylic acids is 1. The summed E-state index contributed by atoms with van der Waals surface area (Å²) in [5, 5.41) is 2.79. The molecule has 3 N–H and O–H groups in total. The van der Waals surface area contributed by atoms with E-state index in [0.29, 0.717) is 24.5 Å². The molecule has 1 atom stereocenters. The number of carbonyl (C=O) groups is 1. The minimum Gasteiger partial charge on any atom is -0.396 e. The molecule has 0 radical (unpaired) electrons. The summed E-state index contributed by atoms with van der Waals surface area (Å²) in [5.41, 5.74) is 8.61. The topological polar surface area (TPSA) is 97.0 Å². The molecule has 3 heterocycles. The van der Waals surface area contributed by atoms with Gasteiger partial charge in [-0.3, -0.25) is 5.32 Å². The molecular weight excluding hydrogens is 371 g/mol. The van der Waals surface area contributed by atoms with Gasteiger partial charge in [0.1, 0.15) is 11.6 Å². The van der Waals surface area contributed by atoms with Crippen LogP contribution in [0.5, 0.6) is 0 Å². The summed E-state index contributed by atoms with van der Waals surface area (Å²) in [4.78, 5) is 27.7. The Labute approximate surface area is 167 Å². The third-order valence-electron chi connectivity index (χ3n) is 4.95. The number of pyridine rings is 1. The number of amides is 2. The molecule has 1 unspecified atom stereocenters. The van der Waals surface area contributed by atoms with E-state index in [-0.39, 0.29) is 23.6 Å². The smallest absolute Gasteiger partial charge is 0.323 e. The van der Waals surface area contributed by atoms with Gasteiger partial charge in [0.2, 0.25) is 0 Å². The lowest BCUT2D eigenvalue weighted by molar-refractivity contribution is 0.222. The second-order valence-corrected chi connectivity index (χ2v) is 7.06. The van der Waals surface area contributed by atoms with Gasteiger partial charge in [-0.05, 0) is 55.8 Å². The van der Waals surface area contributed by atoms with Crippen molar-refractivity contribution in [3.8, 4) is 11.3 Å². The number of halogens is 1. The van der Waals surface area contributed by atoms with Gasteiger partial charge in [-0.15, -0.1) is 0 Å². The number of nitrogen functional groups attached to an aromatic ring is 1. The summed E-state index contributed by atoms with van der Waals surface area (Å²) < 4.78 is 13.2. The zero-order chi connectivity index (χ0) is 20.4. The first-order valence-corrected chi connectivity index (χ1v) is 9.37. The van der Waals surface area contributed by atoms with Crippen molar-refractivity contribution in [2.24, 2.45) is 0 Å². The maximum atomic E-state index is 13.2. The predicted molar refractivity (Wildman–Crippen MR) is 109 cm³/mol. The number of aromatic nitrogens is 3. The summed E-state index contributed by atoms with van der Waals surface area (Å²) in [7, 11) is 0. The molecule has 0 saturated carbocycles. The standard InChI is InChI=1S/C21H21FN6O/c1-13-8-10-24-19(25-13)15-9-11-28(12-15)21(29)27-20-17(23)6-7-18(26-20)14-2-4-16(22)5-3-14/h2-8,10,15H,9,11-12,23H2,1H3,(H,26,27,29). The zero-order valence-corrected chi connectivity index (χ0v) is 16.0. The van der Waals surface area contributed by atoms with Crippen molar-refractivity contribution in [1.29, 1.82) is 0 Å². The summed E-state index contributed by atoms with van der Waals surface area (Å²) in [6.07, 6.45) is 2.54. The van der Waals surface area contributed by atoms with Crippen molar-refractivity contribution in [2.45, 2.75) is 19.3 Å². The van der Waals surface area contributed by atoms with Gasteiger partial charge in [0, 0.05) is 36.5 Å². The first kappa shape index (κ1) is 18.8. The van der Waals surface area contributed by atoms with Crippen LogP contribution in [0, 0.1) is 12.7 Å². The van der Waals surface area contributed by atoms with E-state index in [2.05, 4.69) is 20.3 Å². The third kappa shape index (κ3) is 4.16. The number of hydrogen-bond donors (Lipinski definition) is 2. The summed E-state index contributed by atoms with van der Waals surface area (Å²) in [5.74, 6) is 0.832. The average Bonchev–Trinajstić information content (AvgIpc) is 3.21. The summed E-state index contributed by atoms with van der Waals surface area (Å²) in [6.45, 7) is 3.06. The molecule has 2 aromatic heterocycles. The van der Waals surface area contributed by atoms with Gasteiger partial charge in [0.25, 0.3) is 0 Å². The first-order valence-electron chi connectivity index (χ1n) is 9.37. The molecule has 1 fully saturated rings. The second kappa shape index (κ2) is 7.83. The van der Waals surface area contributed by atoms with Crippen LogP contribution in [0.4, 0.5) is 20.7 Å². The highest BCUT2D eigenvalue weighted by atomic mass is 19.1. The minimum atomic E-state index is -0.320. The molecular formula is C21H21FN6O. The largest absolute Gasteiger partial charge is 0.396 e.